The van der Waals surface area contributed by atoms with Crippen molar-refractivity contribution in [1.82, 2.24) is 5.43 Å². The molecule has 0 saturated carbocycles. The van der Waals surface area contributed by atoms with Crippen LogP contribution in [0.2, 0.25) is 0 Å². The van der Waals surface area contributed by atoms with Gasteiger partial charge in [-0.2, -0.15) is 5.10 Å². The van der Waals surface area contributed by atoms with Gasteiger partial charge in [0.2, 0.25) is 10.0 Å². The van der Waals surface area contributed by atoms with E-state index in [0.29, 0.717) is 11.3 Å². The van der Waals surface area contributed by atoms with Gasteiger partial charge in [-0.1, -0.05) is 18.2 Å². The summed E-state index contributed by atoms with van der Waals surface area (Å²) in [6.45, 7) is -0.430. The number of hydrogen-bond donors (Lipinski definition) is 1. The van der Waals surface area contributed by atoms with Crippen molar-refractivity contribution in [2.45, 2.75) is 0 Å². The molecule has 0 fully saturated rings. The molecule has 0 aliphatic heterocycles. The number of hydrogen-bond acceptors (Lipinski definition) is 6. The van der Waals surface area contributed by atoms with Crippen LogP contribution < -0.4 is 9.73 Å². The van der Waals surface area contributed by atoms with Crippen LogP contribution in [-0.4, -0.2) is 38.3 Å². The molecule has 0 unspecified atom stereocenters. The molecule has 0 aliphatic carbocycles. The van der Waals surface area contributed by atoms with Gasteiger partial charge in [0.25, 0.3) is 11.6 Å². The van der Waals surface area contributed by atoms with Gasteiger partial charge in [-0.25, -0.2) is 13.8 Å². The largest absolute Gasteiger partial charge is 0.271 e. The van der Waals surface area contributed by atoms with E-state index in [9.17, 15) is 23.3 Å². The molecule has 136 valence electrons. The molecule has 0 bridgehead atoms. The Morgan fingerprint density at radius 2 is 1.81 bits per heavy atom. The normalized spacial score (nSPS) is 11.3. The number of amides is 1. The fourth-order valence-corrected chi connectivity index (χ4v) is 2.88. The summed E-state index contributed by atoms with van der Waals surface area (Å²) in [5.41, 5.74) is 3.08. The zero-order valence-corrected chi connectivity index (χ0v) is 14.6. The molecule has 1 N–H and O–H groups in total. The van der Waals surface area contributed by atoms with Crippen molar-refractivity contribution in [2.75, 3.05) is 17.1 Å². The third-order valence-electron chi connectivity index (χ3n) is 3.24. The van der Waals surface area contributed by atoms with Crippen molar-refractivity contribution >= 4 is 33.5 Å². The Kier molecular flexibility index (Phi) is 6.02. The number of carbonyl (C=O) groups excluding carboxylic acids is 1. The summed E-state index contributed by atoms with van der Waals surface area (Å²) in [4.78, 5) is 22.0. The Labute approximate surface area is 150 Å². The number of carbonyl (C=O) groups is 1. The topological polar surface area (TPSA) is 122 Å². The second kappa shape index (κ2) is 8.21. The Balaban J connectivity index is 2.01. The number of anilines is 1. The molecule has 0 saturated heterocycles. The van der Waals surface area contributed by atoms with E-state index in [2.05, 4.69) is 10.5 Å². The number of nitro benzene ring substituents is 1. The standard InChI is InChI=1S/C16H16N4O5S/c1-26(24,25)19(14-5-3-2-4-6-14)12-16(21)18-17-11-13-7-9-15(10-8-13)20(22)23/h2-11H,12H2,1H3,(H,18,21)/b17-11+. The number of sulfonamides is 1. The summed E-state index contributed by atoms with van der Waals surface area (Å²) in [6.07, 6.45) is 2.31. The number of nitrogens with zero attached hydrogens (tertiary/aromatic N) is 3. The van der Waals surface area contributed by atoms with Gasteiger partial charge in [0, 0.05) is 12.1 Å². The molecule has 0 heterocycles. The van der Waals surface area contributed by atoms with Crippen LogP contribution >= 0.6 is 0 Å². The van der Waals surface area contributed by atoms with Crippen LogP contribution in [0.25, 0.3) is 0 Å². The van der Waals surface area contributed by atoms with Gasteiger partial charge in [0.1, 0.15) is 6.54 Å². The van der Waals surface area contributed by atoms with Crippen LogP contribution in [0.4, 0.5) is 11.4 Å². The van der Waals surface area contributed by atoms with Crippen LogP contribution in [0.1, 0.15) is 5.56 Å². The van der Waals surface area contributed by atoms with E-state index in [4.69, 9.17) is 0 Å². The fourth-order valence-electron chi connectivity index (χ4n) is 2.02. The first-order chi connectivity index (χ1) is 12.3. The third kappa shape index (κ3) is 5.38. The van der Waals surface area contributed by atoms with Gasteiger partial charge in [0.05, 0.1) is 23.1 Å². The van der Waals surface area contributed by atoms with Gasteiger partial charge in [-0.15, -0.1) is 0 Å². The van der Waals surface area contributed by atoms with Crippen molar-refractivity contribution in [3.8, 4) is 0 Å². The Hall–Kier alpha value is -3.27. The van der Waals surface area contributed by atoms with Crippen molar-refractivity contribution in [1.29, 1.82) is 0 Å². The smallest absolute Gasteiger partial charge is 0.269 e. The minimum absolute atomic E-state index is 0.0576. The molecule has 0 radical (unpaired) electrons. The number of nitrogens with one attached hydrogen (secondary N) is 1. The number of rotatable bonds is 7. The van der Waals surface area contributed by atoms with E-state index >= 15 is 0 Å². The van der Waals surface area contributed by atoms with Crippen molar-refractivity contribution in [3.63, 3.8) is 0 Å². The van der Waals surface area contributed by atoms with Gasteiger partial charge >= 0.3 is 0 Å². The third-order valence-corrected chi connectivity index (χ3v) is 4.38. The first-order valence-corrected chi connectivity index (χ1v) is 9.21. The van der Waals surface area contributed by atoms with Gasteiger partial charge in [-0.3, -0.25) is 19.2 Å². The highest BCUT2D eigenvalue weighted by Crippen LogP contribution is 2.16. The average molecular weight is 376 g/mol. The number of benzene rings is 2. The fraction of sp³-hybridized carbons (Fsp3) is 0.125. The second-order valence-electron chi connectivity index (χ2n) is 5.25. The van der Waals surface area contributed by atoms with Crippen molar-refractivity contribution in [3.05, 3.63) is 70.3 Å². The Morgan fingerprint density at radius 1 is 1.19 bits per heavy atom. The lowest BCUT2D eigenvalue weighted by Gasteiger charge is -2.21. The molecule has 10 heteroatoms. The second-order valence-corrected chi connectivity index (χ2v) is 7.15. The lowest BCUT2D eigenvalue weighted by atomic mass is 10.2. The summed E-state index contributed by atoms with van der Waals surface area (Å²) >= 11 is 0. The van der Waals surface area contributed by atoms with E-state index in [-0.39, 0.29) is 5.69 Å². The first kappa shape index (κ1) is 19.1. The first-order valence-electron chi connectivity index (χ1n) is 7.36. The monoisotopic (exact) mass is 376 g/mol. The molecule has 26 heavy (non-hydrogen) atoms. The molecule has 2 aromatic carbocycles. The van der Waals surface area contributed by atoms with E-state index < -0.39 is 27.4 Å². The van der Waals surface area contributed by atoms with Gasteiger partial charge < -0.3 is 0 Å². The molecule has 2 rings (SSSR count). The highest BCUT2D eigenvalue weighted by atomic mass is 32.2. The number of nitro groups is 1. The van der Waals surface area contributed by atoms with E-state index in [1.165, 1.54) is 30.5 Å². The minimum atomic E-state index is -3.65. The predicted octanol–water partition coefficient (Wildman–Crippen LogP) is 1.51. The Bertz CT molecular complexity index is 911. The quantitative estimate of drug-likeness (QED) is 0.446. The lowest BCUT2D eigenvalue weighted by Crippen LogP contribution is -2.38. The number of non-ortho nitro benzene ring substituents is 1. The van der Waals surface area contributed by atoms with Gasteiger partial charge in [-0.05, 0) is 29.8 Å². The van der Waals surface area contributed by atoms with Crippen LogP contribution in [0.5, 0.6) is 0 Å². The molecule has 2 aromatic rings. The van der Waals surface area contributed by atoms with Crippen molar-refractivity contribution in [2.24, 2.45) is 5.10 Å². The molecule has 0 atom stereocenters. The van der Waals surface area contributed by atoms with Crippen molar-refractivity contribution < 1.29 is 18.1 Å². The number of para-hydroxylation sites is 1. The molecule has 0 aromatic heterocycles. The summed E-state index contributed by atoms with van der Waals surface area (Å²) in [7, 11) is -3.65. The summed E-state index contributed by atoms with van der Waals surface area (Å²) in [6, 6.07) is 13.8. The van der Waals surface area contributed by atoms with E-state index in [1.54, 1.807) is 30.3 Å². The van der Waals surface area contributed by atoms with Crippen LogP contribution in [-0.2, 0) is 14.8 Å². The molecule has 9 nitrogen and oxygen atoms in total. The average Bonchev–Trinajstić information content (AvgIpc) is 2.60. The molecular formula is C16H16N4O5S. The van der Waals surface area contributed by atoms with Gasteiger partial charge in [0.15, 0.2) is 0 Å². The summed E-state index contributed by atoms with van der Waals surface area (Å²) in [5.74, 6) is -0.627. The van der Waals surface area contributed by atoms with Crippen LogP contribution in [0.3, 0.4) is 0 Å². The minimum Gasteiger partial charge on any atom is -0.271 e. The molecule has 0 aliphatic rings. The van der Waals surface area contributed by atoms with E-state index in [0.717, 1.165) is 10.6 Å². The molecular weight excluding hydrogens is 360 g/mol. The lowest BCUT2D eigenvalue weighted by molar-refractivity contribution is -0.384. The summed E-state index contributed by atoms with van der Waals surface area (Å²) < 4.78 is 24.8. The zero-order chi connectivity index (χ0) is 19.2. The van der Waals surface area contributed by atoms with Crippen LogP contribution in [0.15, 0.2) is 59.7 Å². The highest BCUT2D eigenvalue weighted by Gasteiger charge is 2.20. The summed E-state index contributed by atoms with van der Waals surface area (Å²) in [5, 5.41) is 14.3. The maximum atomic E-state index is 12.0. The predicted molar refractivity (Wildman–Crippen MR) is 97.5 cm³/mol. The maximum absolute atomic E-state index is 12.0. The van der Waals surface area contributed by atoms with Crippen LogP contribution in [0, 0.1) is 10.1 Å². The Morgan fingerprint density at radius 3 is 2.35 bits per heavy atom. The number of hydrazone groups is 1. The molecule has 1 amide bonds. The highest BCUT2D eigenvalue weighted by molar-refractivity contribution is 7.92. The van der Waals surface area contributed by atoms with E-state index in [1.807, 2.05) is 0 Å². The zero-order valence-electron chi connectivity index (χ0n) is 13.8. The SMILES string of the molecule is CS(=O)(=O)N(CC(=O)N/N=C/c1ccc([N+](=O)[O-])cc1)c1ccccc1. The maximum Gasteiger partial charge on any atom is 0.269 e. The molecule has 0 spiro atoms.